The first-order valence-electron chi connectivity index (χ1n) is 10.8. The van der Waals surface area contributed by atoms with E-state index in [0.717, 1.165) is 18.9 Å². The number of hydrogen-bond donors (Lipinski definition) is 2. The maximum absolute atomic E-state index is 15.4. The molecular weight excluding hydrogens is 469 g/mol. The van der Waals surface area contributed by atoms with Crippen molar-refractivity contribution in [3.63, 3.8) is 0 Å². The second-order valence-electron chi connectivity index (χ2n) is 9.73. The van der Waals surface area contributed by atoms with Crippen LogP contribution in [-0.4, -0.2) is 23.2 Å². The van der Waals surface area contributed by atoms with Gasteiger partial charge in [-0.3, -0.25) is 10.1 Å². The maximum atomic E-state index is 15.4. The van der Waals surface area contributed by atoms with E-state index in [-0.39, 0.29) is 26.6 Å². The Morgan fingerprint density at radius 2 is 1.97 bits per heavy atom. The van der Waals surface area contributed by atoms with Crippen molar-refractivity contribution in [2.24, 2.45) is 11.3 Å². The van der Waals surface area contributed by atoms with Crippen molar-refractivity contribution in [3.8, 4) is 6.07 Å². The van der Waals surface area contributed by atoms with Crippen LogP contribution in [0.1, 0.15) is 50.2 Å². The molecule has 2 N–H and O–H groups in total. The molecule has 1 saturated heterocycles. The summed E-state index contributed by atoms with van der Waals surface area (Å²) in [6, 6.07) is 8.39. The van der Waals surface area contributed by atoms with Crippen molar-refractivity contribution in [2.75, 3.05) is 0 Å². The quantitative estimate of drug-likeness (QED) is 0.513. The van der Waals surface area contributed by atoms with Gasteiger partial charge >= 0.3 is 5.97 Å². The Morgan fingerprint density at radius 1 is 1.27 bits per heavy atom. The lowest BCUT2D eigenvalue weighted by Gasteiger charge is -2.38. The minimum atomic E-state index is -1.71. The Kier molecular flexibility index (Phi) is 6.20. The summed E-state index contributed by atoms with van der Waals surface area (Å²) in [5.74, 6) is -3.60. The fourth-order valence-electron chi connectivity index (χ4n) is 5.49. The molecule has 0 spiro atoms. The Balaban J connectivity index is 1.99. The Hall–Kier alpha value is -2.20. The number of aliphatic carboxylic acids is 1. The second kappa shape index (κ2) is 8.54. The van der Waals surface area contributed by atoms with Crippen LogP contribution in [0.5, 0.6) is 0 Å². The number of carboxylic acids is 1. The van der Waals surface area contributed by atoms with E-state index in [1.807, 2.05) is 0 Å². The Bertz CT molecular complexity index is 1150. The highest BCUT2D eigenvalue weighted by Crippen LogP contribution is 2.55. The number of carboxylic acid groups (broad SMARTS) is 1. The number of rotatable bonds is 6. The lowest BCUT2D eigenvalue weighted by Crippen LogP contribution is -2.45. The van der Waals surface area contributed by atoms with Gasteiger partial charge in [0, 0.05) is 22.5 Å². The van der Waals surface area contributed by atoms with E-state index >= 15 is 8.78 Å². The highest BCUT2D eigenvalue weighted by Gasteiger charge is 2.62. The van der Waals surface area contributed by atoms with Crippen LogP contribution >= 0.6 is 23.2 Å². The number of halogens is 4. The standard InChI is InChI=1S/C25H24Cl2F2N2O2/c1-24(2,13-6-7-13)11-19-25(12-30,16-9-8-14(26)10-18(16)28)20(22(31-19)23(32)33)15-4-3-5-17(27)21(15)29/h3-5,8-10,13,19-20,22,31H,6-7,11H2,1-2H3,(H,32,33). The number of nitriles is 1. The molecule has 2 aromatic rings. The molecule has 174 valence electrons. The average Bonchev–Trinajstić information content (AvgIpc) is 3.55. The van der Waals surface area contributed by atoms with Crippen molar-refractivity contribution in [3.05, 3.63) is 69.2 Å². The highest BCUT2D eigenvalue weighted by atomic mass is 35.5. The van der Waals surface area contributed by atoms with E-state index in [2.05, 4.69) is 25.2 Å². The maximum Gasteiger partial charge on any atom is 0.321 e. The lowest BCUT2D eigenvalue weighted by atomic mass is 9.62. The third-order valence-electron chi connectivity index (χ3n) is 7.31. The van der Waals surface area contributed by atoms with E-state index < -0.39 is 41.0 Å². The predicted molar refractivity (Wildman–Crippen MR) is 122 cm³/mol. The summed E-state index contributed by atoms with van der Waals surface area (Å²) in [4.78, 5) is 12.4. The normalized spacial score (nSPS) is 27.4. The van der Waals surface area contributed by atoms with Gasteiger partial charge in [-0.15, -0.1) is 0 Å². The summed E-state index contributed by atoms with van der Waals surface area (Å²) in [5.41, 5.74) is -1.99. The number of nitrogens with one attached hydrogen (secondary N) is 1. The largest absolute Gasteiger partial charge is 0.480 e. The molecular formula is C25H24Cl2F2N2O2. The van der Waals surface area contributed by atoms with Gasteiger partial charge in [0.2, 0.25) is 0 Å². The van der Waals surface area contributed by atoms with Crippen molar-refractivity contribution < 1.29 is 18.7 Å². The van der Waals surface area contributed by atoms with Crippen molar-refractivity contribution in [2.45, 2.75) is 56.5 Å². The fourth-order valence-corrected chi connectivity index (χ4v) is 5.83. The summed E-state index contributed by atoms with van der Waals surface area (Å²) >= 11 is 12.0. The first-order valence-corrected chi connectivity index (χ1v) is 11.6. The van der Waals surface area contributed by atoms with Crippen LogP contribution in [0.2, 0.25) is 10.0 Å². The van der Waals surface area contributed by atoms with Crippen LogP contribution in [0.15, 0.2) is 36.4 Å². The van der Waals surface area contributed by atoms with Gasteiger partial charge < -0.3 is 5.11 Å². The SMILES string of the molecule is CC(C)(CC1NC(C(=O)O)C(c2cccc(Cl)c2F)C1(C#N)c1ccc(Cl)cc1F)C1CC1. The van der Waals surface area contributed by atoms with Crippen LogP contribution in [0.25, 0.3) is 0 Å². The summed E-state index contributed by atoms with van der Waals surface area (Å²) < 4.78 is 30.7. The van der Waals surface area contributed by atoms with Gasteiger partial charge in [-0.1, -0.05) is 55.2 Å². The van der Waals surface area contributed by atoms with Gasteiger partial charge in [0.05, 0.1) is 11.1 Å². The average molecular weight is 493 g/mol. The van der Waals surface area contributed by atoms with E-state index in [1.165, 1.54) is 30.3 Å². The zero-order valence-corrected chi connectivity index (χ0v) is 19.7. The zero-order valence-electron chi connectivity index (χ0n) is 18.2. The first-order chi connectivity index (χ1) is 15.5. The van der Waals surface area contributed by atoms with Crippen LogP contribution in [0.3, 0.4) is 0 Å². The smallest absolute Gasteiger partial charge is 0.321 e. The van der Waals surface area contributed by atoms with E-state index in [4.69, 9.17) is 23.2 Å². The minimum Gasteiger partial charge on any atom is -0.480 e. The van der Waals surface area contributed by atoms with E-state index in [0.29, 0.717) is 12.3 Å². The molecule has 1 aliphatic carbocycles. The summed E-state index contributed by atoms with van der Waals surface area (Å²) in [5, 5.41) is 23.8. The molecule has 8 heteroatoms. The molecule has 2 aliphatic rings. The molecule has 0 bridgehead atoms. The van der Waals surface area contributed by atoms with Gasteiger partial charge in [-0.2, -0.15) is 5.26 Å². The predicted octanol–water partition coefficient (Wildman–Crippen LogP) is 6.07. The Labute approximate surface area is 201 Å². The number of benzene rings is 2. The monoisotopic (exact) mass is 492 g/mol. The molecule has 0 aromatic heterocycles. The van der Waals surface area contributed by atoms with Gasteiger partial charge in [0.25, 0.3) is 0 Å². The highest BCUT2D eigenvalue weighted by molar-refractivity contribution is 6.31. The molecule has 1 saturated carbocycles. The van der Waals surface area contributed by atoms with Gasteiger partial charge in [0.15, 0.2) is 0 Å². The van der Waals surface area contributed by atoms with Crippen LogP contribution in [-0.2, 0) is 10.2 Å². The summed E-state index contributed by atoms with van der Waals surface area (Å²) in [6.07, 6.45) is 2.50. The molecule has 0 radical (unpaired) electrons. The third-order valence-corrected chi connectivity index (χ3v) is 7.84. The molecule has 4 nitrogen and oxygen atoms in total. The molecule has 1 aliphatic heterocycles. The summed E-state index contributed by atoms with van der Waals surface area (Å²) in [6.45, 7) is 4.13. The molecule has 0 amide bonds. The number of hydrogen-bond acceptors (Lipinski definition) is 3. The van der Waals surface area contributed by atoms with Crippen molar-refractivity contribution in [1.29, 1.82) is 5.26 Å². The van der Waals surface area contributed by atoms with Gasteiger partial charge in [-0.05, 0) is 54.4 Å². The number of nitrogens with zero attached hydrogens (tertiary/aromatic N) is 1. The Morgan fingerprint density at radius 3 is 2.55 bits per heavy atom. The minimum absolute atomic E-state index is 0.00776. The van der Waals surface area contributed by atoms with Gasteiger partial charge in [-0.25, -0.2) is 8.78 Å². The molecule has 4 rings (SSSR count). The number of carbonyl (C=O) groups is 1. The molecule has 1 heterocycles. The van der Waals surface area contributed by atoms with Crippen LogP contribution < -0.4 is 5.32 Å². The molecule has 4 unspecified atom stereocenters. The van der Waals surface area contributed by atoms with Crippen molar-refractivity contribution in [1.82, 2.24) is 5.32 Å². The fraction of sp³-hybridized carbons (Fsp3) is 0.440. The summed E-state index contributed by atoms with van der Waals surface area (Å²) in [7, 11) is 0. The zero-order chi connectivity index (χ0) is 24.1. The van der Waals surface area contributed by atoms with Crippen LogP contribution in [0.4, 0.5) is 8.78 Å². The topological polar surface area (TPSA) is 73.1 Å². The van der Waals surface area contributed by atoms with Crippen molar-refractivity contribution >= 4 is 29.2 Å². The van der Waals surface area contributed by atoms with Gasteiger partial charge in [0.1, 0.15) is 23.1 Å². The molecule has 33 heavy (non-hydrogen) atoms. The third kappa shape index (κ3) is 4.01. The lowest BCUT2D eigenvalue weighted by molar-refractivity contribution is -0.139. The molecule has 2 aromatic carbocycles. The van der Waals surface area contributed by atoms with Crippen LogP contribution in [0, 0.1) is 34.3 Å². The second-order valence-corrected chi connectivity index (χ2v) is 10.6. The first kappa shape index (κ1) is 23.9. The molecule has 4 atom stereocenters. The van der Waals surface area contributed by atoms with E-state index in [9.17, 15) is 15.2 Å². The van der Waals surface area contributed by atoms with E-state index in [1.54, 1.807) is 0 Å². The molecule has 2 fully saturated rings.